The van der Waals surface area contributed by atoms with E-state index in [0.717, 1.165) is 17.0 Å². The van der Waals surface area contributed by atoms with Gasteiger partial charge >= 0.3 is 6.09 Å². The average Bonchev–Trinajstić information content (AvgIpc) is 3.16. The highest BCUT2D eigenvalue weighted by Crippen LogP contribution is 2.16. The molecule has 0 aliphatic carbocycles. The van der Waals surface area contributed by atoms with E-state index in [1.54, 1.807) is 6.21 Å². The Kier molecular flexibility index (Phi) is 8.96. The second-order valence-electron chi connectivity index (χ2n) is 6.20. The van der Waals surface area contributed by atoms with Gasteiger partial charge in [0.25, 0.3) is 0 Å². The lowest BCUT2D eigenvalue weighted by Gasteiger charge is -2.17. The van der Waals surface area contributed by atoms with Crippen LogP contribution in [0.15, 0.2) is 46.4 Å². The van der Waals surface area contributed by atoms with Crippen LogP contribution in [-0.2, 0) is 9.47 Å². The van der Waals surface area contributed by atoms with Gasteiger partial charge in [0.1, 0.15) is 6.10 Å². The standard InChI is InChI=1S/C10H12N4S.C8H15NO3/c11-15-9-4-2-8(3-5-9)14-10-12-6-1-7-13-10;1-6(2)9-8(10)12-7-3-4-11-5-7/h1-7,10,12,14H,11H2;6-7H,3-5H2,1-2H3,(H,9,10). The van der Waals surface area contributed by atoms with Gasteiger partial charge in [0.05, 0.1) is 13.2 Å². The van der Waals surface area contributed by atoms with Crippen molar-refractivity contribution in [1.82, 2.24) is 10.6 Å². The minimum absolute atomic E-state index is 0.0521. The summed E-state index contributed by atoms with van der Waals surface area (Å²) in [7, 11) is 0. The van der Waals surface area contributed by atoms with Crippen LogP contribution in [0.1, 0.15) is 20.3 Å². The Labute approximate surface area is 164 Å². The van der Waals surface area contributed by atoms with Gasteiger partial charge in [-0.2, -0.15) is 0 Å². The summed E-state index contributed by atoms with van der Waals surface area (Å²) in [6, 6.07) is 8.01. The van der Waals surface area contributed by atoms with Crippen LogP contribution in [0.5, 0.6) is 0 Å². The predicted molar refractivity (Wildman–Crippen MR) is 109 cm³/mol. The van der Waals surface area contributed by atoms with Crippen LogP contribution in [0.4, 0.5) is 10.5 Å². The number of hydrogen-bond acceptors (Lipinski definition) is 8. The molecule has 5 N–H and O–H groups in total. The van der Waals surface area contributed by atoms with Crippen molar-refractivity contribution in [1.29, 1.82) is 0 Å². The Balaban J connectivity index is 0.000000199. The smallest absolute Gasteiger partial charge is 0.407 e. The summed E-state index contributed by atoms with van der Waals surface area (Å²) < 4.78 is 10.1. The molecule has 2 aliphatic rings. The number of rotatable bonds is 5. The monoisotopic (exact) mass is 393 g/mol. The van der Waals surface area contributed by atoms with Crippen molar-refractivity contribution in [3.05, 3.63) is 36.5 Å². The summed E-state index contributed by atoms with van der Waals surface area (Å²) in [6.45, 7) is 5.02. The van der Waals surface area contributed by atoms with Crippen molar-refractivity contribution in [2.45, 2.75) is 43.6 Å². The zero-order chi connectivity index (χ0) is 19.5. The largest absolute Gasteiger partial charge is 0.444 e. The van der Waals surface area contributed by atoms with Crippen LogP contribution in [0.25, 0.3) is 0 Å². The maximum Gasteiger partial charge on any atom is 0.407 e. The minimum Gasteiger partial charge on any atom is -0.444 e. The number of allylic oxidation sites excluding steroid dienone is 1. The van der Waals surface area contributed by atoms with Crippen LogP contribution in [0.2, 0.25) is 0 Å². The van der Waals surface area contributed by atoms with E-state index >= 15 is 0 Å². The Hall–Kier alpha value is -2.23. The van der Waals surface area contributed by atoms with Crippen LogP contribution in [0.3, 0.4) is 0 Å². The maximum atomic E-state index is 11.0. The number of aliphatic imine (C=N–C) groups is 1. The van der Waals surface area contributed by atoms with E-state index < -0.39 is 0 Å². The van der Waals surface area contributed by atoms with E-state index in [9.17, 15) is 4.79 Å². The van der Waals surface area contributed by atoms with Crippen molar-refractivity contribution in [3.8, 4) is 0 Å². The van der Waals surface area contributed by atoms with E-state index in [4.69, 9.17) is 14.6 Å². The number of nitrogens with zero attached hydrogens (tertiary/aromatic N) is 1. The highest BCUT2D eigenvalue weighted by atomic mass is 32.2. The first kappa shape index (κ1) is 21.1. The van der Waals surface area contributed by atoms with Gasteiger partial charge in [-0.1, -0.05) is 0 Å². The minimum atomic E-state index is -0.347. The van der Waals surface area contributed by atoms with E-state index in [1.165, 1.54) is 11.9 Å². The number of alkyl carbamates (subject to hydrolysis) is 1. The van der Waals surface area contributed by atoms with Gasteiger partial charge in [-0.05, 0) is 56.1 Å². The lowest BCUT2D eigenvalue weighted by Crippen LogP contribution is -2.33. The summed E-state index contributed by atoms with van der Waals surface area (Å²) >= 11 is 1.24. The van der Waals surface area contributed by atoms with E-state index in [1.807, 2.05) is 50.4 Å². The van der Waals surface area contributed by atoms with Gasteiger partial charge in [-0.25, -0.2) is 9.79 Å². The zero-order valence-corrected chi connectivity index (χ0v) is 16.4. The third-order valence-electron chi connectivity index (χ3n) is 3.53. The molecular weight excluding hydrogens is 366 g/mol. The molecule has 1 saturated heterocycles. The molecule has 0 radical (unpaired) electrons. The van der Waals surface area contributed by atoms with Gasteiger partial charge in [-0.15, -0.1) is 0 Å². The number of carbonyl (C=O) groups excluding carboxylic acids is 1. The lowest BCUT2D eigenvalue weighted by molar-refractivity contribution is 0.0817. The second kappa shape index (κ2) is 11.5. The molecule has 148 valence electrons. The summed E-state index contributed by atoms with van der Waals surface area (Å²) in [5.74, 6) is 0. The van der Waals surface area contributed by atoms with Gasteiger partial charge in [0.2, 0.25) is 0 Å². The van der Waals surface area contributed by atoms with Crippen molar-refractivity contribution in [3.63, 3.8) is 0 Å². The third-order valence-corrected chi connectivity index (χ3v) is 4.08. The first-order valence-corrected chi connectivity index (χ1v) is 9.67. The molecule has 1 amide bonds. The molecule has 0 saturated carbocycles. The summed E-state index contributed by atoms with van der Waals surface area (Å²) in [6.07, 6.45) is 5.79. The zero-order valence-electron chi connectivity index (χ0n) is 15.6. The molecule has 3 rings (SSSR count). The molecule has 9 heteroatoms. The summed E-state index contributed by atoms with van der Waals surface area (Å²) in [5.41, 5.74) is 1.01. The Morgan fingerprint density at radius 2 is 2.19 bits per heavy atom. The van der Waals surface area contributed by atoms with Gasteiger partial charge in [0.15, 0.2) is 6.29 Å². The summed E-state index contributed by atoms with van der Waals surface area (Å²) in [5, 5.41) is 14.4. The molecule has 1 fully saturated rings. The maximum absolute atomic E-state index is 11.0. The van der Waals surface area contributed by atoms with Gasteiger partial charge in [-0.3, -0.25) is 5.14 Å². The van der Waals surface area contributed by atoms with Crippen LogP contribution >= 0.6 is 11.9 Å². The molecule has 2 atom stereocenters. The molecule has 0 aromatic heterocycles. The van der Waals surface area contributed by atoms with Crippen LogP contribution in [-0.4, -0.2) is 44.0 Å². The van der Waals surface area contributed by atoms with Gasteiger partial charge < -0.3 is 25.4 Å². The Bertz CT molecular complexity index is 630. The molecule has 8 nitrogen and oxygen atoms in total. The molecule has 0 spiro atoms. The van der Waals surface area contributed by atoms with Crippen LogP contribution < -0.4 is 21.1 Å². The first-order chi connectivity index (χ1) is 13.1. The summed E-state index contributed by atoms with van der Waals surface area (Å²) in [4.78, 5) is 16.3. The molecule has 0 bridgehead atoms. The third kappa shape index (κ3) is 8.33. The number of benzene rings is 1. The highest BCUT2D eigenvalue weighted by Gasteiger charge is 2.19. The number of amides is 1. The normalized spacial score (nSPS) is 20.4. The number of carbonyl (C=O) groups is 1. The molecule has 27 heavy (non-hydrogen) atoms. The van der Waals surface area contributed by atoms with E-state index in [0.29, 0.717) is 13.2 Å². The number of hydrogen-bond donors (Lipinski definition) is 4. The molecule has 2 unspecified atom stereocenters. The quantitative estimate of drug-likeness (QED) is 0.569. The molecule has 2 heterocycles. The fourth-order valence-electron chi connectivity index (χ4n) is 2.26. The number of ether oxygens (including phenoxy) is 2. The van der Waals surface area contributed by atoms with E-state index in [2.05, 4.69) is 20.9 Å². The highest BCUT2D eigenvalue weighted by molar-refractivity contribution is 7.97. The lowest BCUT2D eigenvalue weighted by atomic mass is 10.3. The molecular formula is C18H27N5O3S. The van der Waals surface area contributed by atoms with Crippen molar-refractivity contribution in [2.24, 2.45) is 10.1 Å². The SMILES string of the molecule is CC(C)NC(=O)OC1CCOC1.NSc1ccc(NC2N=CC=CN2)cc1. The second-order valence-corrected chi connectivity index (χ2v) is 6.91. The first-order valence-electron chi connectivity index (χ1n) is 8.79. The number of nitrogens with one attached hydrogen (secondary N) is 3. The number of anilines is 1. The van der Waals surface area contributed by atoms with Crippen molar-refractivity contribution >= 4 is 29.9 Å². The van der Waals surface area contributed by atoms with Gasteiger partial charge in [0, 0.05) is 35.5 Å². The van der Waals surface area contributed by atoms with Crippen molar-refractivity contribution in [2.75, 3.05) is 18.5 Å². The van der Waals surface area contributed by atoms with Crippen molar-refractivity contribution < 1.29 is 14.3 Å². The average molecular weight is 394 g/mol. The number of nitrogens with two attached hydrogens (primary N) is 1. The fourth-order valence-corrected chi connectivity index (χ4v) is 2.56. The Morgan fingerprint density at radius 1 is 1.41 bits per heavy atom. The predicted octanol–water partition coefficient (Wildman–Crippen LogP) is 2.45. The topological polar surface area (TPSA) is 110 Å². The molecule has 2 aliphatic heterocycles. The molecule has 1 aromatic carbocycles. The molecule has 1 aromatic rings. The Morgan fingerprint density at radius 3 is 2.74 bits per heavy atom. The fraction of sp³-hybridized carbons (Fsp3) is 0.444. The van der Waals surface area contributed by atoms with Crippen LogP contribution in [0, 0.1) is 0 Å². The van der Waals surface area contributed by atoms with E-state index in [-0.39, 0.29) is 24.5 Å².